The molecule has 0 aromatic rings. The van der Waals surface area contributed by atoms with Gasteiger partial charge < -0.3 is 5.11 Å². The maximum atomic E-state index is 10.2. The van der Waals surface area contributed by atoms with E-state index in [9.17, 15) is 14.9 Å². The molecule has 0 amide bonds. The molecule has 0 aliphatic heterocycles. The van der Waals surface area contributed by atoms with E-state index in [-0.39, 0.29) is 5.57 Å². The minimum atomic E-state index is -1.48. The molecule has 0 aromatic heterocycles. The number of nitro groups is 1. The summed E-state index contributed by atoms with van der Waals surface area (Å²) < 4.78 is 0. The van der Waals surface area contributed by atoms with E-state index in [1.807, 2.05) is 0 Å². The number of carbonyl (C=O) groups is 1. The molecule has 0 saturated heterocycles. The quantitative estimate of drug-likeness (QED) is 0.379. The van der Waals surface area contributed by atoms with E-state index in [1.54, 1.807) is 6.92 Å². The number of hydrogen-bond donors (Lipinski definition) is 1. The van der Waals surface area contributed by atoms with Gasteiger partial charge >= 0.3 is 11.7 Å². The highest BCUT2D eigenvalue weighted by atomic mass is 16.6. The van der Waals surface area contributed by atoms with Crippen molar-refractivity contribution in [3.63, 3.8) is 0 Å². The highest BCUT2D eigenvalue weighted by molar-refractivity contribution is 5.84. The molecule has 0 bridgehead atoms. The molecule has 0 aliphatic rings. The average Bonchev–Trinajstić information content (AvgIpc) is 1.85. The van der Waals surface area contributed by atoms with E-state index in [4.69, 9.17) is 5.11 Å². The van der Waals surface area contributed by atoms with Gasteiger partial charge in [-0.05, 0) is 13.3 Å². The van der Waals surface area contributed by atoms with Crippen molar-refractivity contribution in [1.82, 2.24) is 0 Å². The average molecular weight is 159 g/mol. The summed E-state index contributed by atoms with van der Waals surface area (Å²) in [6, 6.07) is 0. The van der Waals surface area contributed by atoms with Crippen LogP contribution < -0.4 is 0 Å². The Bertz CT molecular complexity index is 203. The van der Waals surface area contributed by atoms with Gasteiger partial charge in [-0.3, -0.25) is 10.1 Å². The first kappa shape index (κ1) is 9.61. The van der Waals surface area contributed by atoms with Gasteiger partial charge in [-0.15, -0.1) is 0 Å². The Balaban J connectivity index is 4.88. The Hall–Kier alpha value is -1.39. The van der Waals surface area contributed by atoms with Gasteiger partial charge in [0.25, 0.3) is 0 Å². The third-order valence-electron chi connectivity index (χ3n) is 1.32. The Morgan fingerprint density at radius 1 is 1.64 bits per heavy atom. The third-order valence-corrected chi connectivity index (χ3v) is 1.32. The van der Waals surface area contributed by atoms with Gasteiger partial charge in [0.15, 0.2) is 0 Å². The van der Waals surface area contributed by atoms with Crippen molar-refractivity contribution in [3.05, 3.63) is 21.4 Å². The highest BCUT2D eigenvalue weighted by Gasteiger charge is 2.22. The highest BCUT2D eigenvalue weighted by Crippen LogP contribution is 2.08. The number of allylic oxidation sites excluding steroid dienone is 1. The zero-order valence-electron chi connectivity index (χ0n) is 6.33. The lowest BCUT2D eigenvalue weighted by atomic mass is 10.2. The lowest BCUT2D eigenvalue weighted by molar-refractivity contribution is -0.422. The smallest absolute Gasteiger partial charge is 0.407 e. The Labute approximate surface area is 63.5 Å². The number of hydrogen-bond acceptors (Lipinski definition) is 3. The normalized spacial score (nSPS) is 12.2. The number of carboxylic acid groups (broad SMARTS) is 1. The van der Waals surface area contributed by atoms with E-state index >= 15 is 0 Å². The van der Waals surface area contributed by atoms with Crippen LogP contribution in [0.1, 0.15) is 20.3 Å². The van der Waals surface area contributed by atoms with Crippen molar-refractivity contribution in [3.8, 4) is 0 Å². The van der Waals surface area contributed by atoms with E-state index in [1.165, 1.54) is 6.92 Å². The van der Waals surface area contributed by atoms with Crippen LogP contribution in [0, 0.1) is 10.1 Å². The van der Waals surface area contributed by atoms with Gasteiger partial charge in [-0.25, -0.2) is 4.79 Å². The summed E-state index contributed by atoms with van der Waals surface area (Å²) in [5.74, 6) is -1.48. The molecule has 0 saturated carbocycles. The van der Waals surface area contributed by atoms with Crippen LogP contribution in [0.15, 0.2) is 11.3 Å². The number of rotatable bonds is 3. The molecule has 62 valence electrons. The standard InChI is InChI=1S/C6H9NO4/c1-3-4(2)5(6(8)9)7(10)11/h3H2,1-2H3,(H,8,9). The second-order valence-electron chi connectivity index (χ2n) is 2.04. The second kappa shape index (κ2) is 3.70. The topological polar surface area (TPSA) is 80.4 Å². The van der Waals surface area contributed by atoms with Crippen molar-refractivity contribution in [2.75, 3.05) is 0 Å². The molecule has 0 aromatic carbocycles. The van der Waals surface area contributed by atoms with E-state index in [0.29, 0.717) is 6.42 Å². The molecule has 0 spiro atoms. The van der Waals surface area contributed by atoms with Gasteiger partial charge in [-0.2, -0.15) is 0 Å². The lowest BCUT2D eigenvalue weighted by Crippen LogP contribution is -2.12. The van der Waals surface area contributed by atoms with E-state index in [2.05, 4.69) is 0 Å². The molecule has 0 fully saturated rings. The molecule has 0 radical (unpaired) electrons. The van der Waals surface area contributed by atoms with Gasteiger partial charge in [0.05, 0.1) is 4.92 Å². The maximum absolute atomic E-state index is 10.2. The zero-order valence-corrected chi connectivity index (χ0v) is 6.33. The fourth-order valence-corrected chi connectivity index (χ4v) is 0.584. The van der Waals surface area contributed by atoms with E-state index in [0.717, 1.165) is 0 Å². The van der Waals surface area contributed by atoms with Crippen molar-refractivity contribution in [1.29, 1.82) is 0 Å². The minimum absolute atomic E-state index is 0.280. The van der Waals surface area contributed by atoms with Crippen LogP contribution in [0.3, 0.4) is 0 Å². The molecule has 1 N–H and O–H groups in total. The van der Waals surface area contributed by atoms with Crippen LogP contribution in [0.25, 0.3) is 0 Å². The summed E-state index contributed by atoms with van der Waals surface area (Å²) >= 11 is 0. The van der Waals surface area contributed by atoms with Crippen molar-refractivity contribution in [2.45, 2.75) is 20.3 Å². The summed E-state index contributed by atoms with van der Waals surface area (Å²) in [4.78, 5) is 19.5. The third kappa shape index (κ3) is 2.37. The first-order valence-electron chi connectivity index (χ1n) is 3.08. The summed E-state index contributed by atoms with van der Waals surface area (Å²) in [6.07, 6.45) is 0.378. The minimum Gasteiger partial charge on any atom is -0.473 e. The fourth-order valence-electron chi connectivity index (χ4n) is 0.584. The zero-order chi connectivity index (χ0) is 9.02. The molecular weight excluding hydrogens is 150 g/mol. The molecule has 0 rings (SSSR count). The molecule has 5 heteroatoms. The number of aliphatic carboxylic acids is 1. The second-order valence-corrected chi connectivity index (χ2v) is 2.04. The molecule has 0 unspecified atom stereocenters. The monoisotopic (exact) mass is 159 g/mol. The summed E-state index contributed by atoms with van der Waals surface area (Å²) in [6.45, 7) is 3.11. The van der Waals surface area contributed by atoms with Gasteiger partial charge in [-0.1, -0.05) is 6.92 Å². The summed E-state index contributed by atoms with van der Waals surface area (Å²) in [5.41, 5.74) is -0.435. The van der Waals surface area contributed by atoms with E-state index < -0.39 is 16.6 Å². The summed E-state index contributed by atoms with van der Waals surface area (Å²) in [7, 11) is 0. The first-order chi connectivity index (χ1) is 5.00. The van der Waals surface area contributed by atoms with Crippen molar-refractivity contribution >= 4 is 5.97 Å². The van der Waals surface area contributed by atoms with Crippen LogP contribution in [0.2, 0.25) is 0 Å². The largest absolute Gasteiger partial charge is 0.473 e. The molecule has 11 heavy (non-hydrogen) atoms. The van der Waals surface area contributed by atoms with Crippen LogP contribution in [0.5, 0.6) is 0 Å². The Morgan fingerprint density at radius 2 is 2.09 bits per heavy atom. The predicted octanol–water partition coefficient (Wildman–Crippen LogP) is 1.03. The van der Waals surface area contributed by atoms with Crippen LogP contribution in [-0.2, 0) is 4.79 Å². The van der Waals surface area contributed by atoms with Crippen LogP contribution in [-0.4, -0.2) is 16.0 Å². The molecule has 0 heterocycles. The fraction of sp³-hybridized carbons (Fsp3) is 0.500. The van der Waals surface area contributed by atoms with Gasteiger partial charge in [0.1, 0.15) is 0 Å². The first-order valence-corrected chi connectivity index (χ1v) is 3.08. The predicted molar refractivity (Wildman–Crippen MR) is 37.6 cm³/mol. The lowest BCUT2D eigenvalue weighted by Gasteiger charge is -1.95. The molecule has 0 aliphatic carbocycles. The van der Waals surface area contributed by atoms with Crippen molar-refractivity contribution in [2.24, 2.45) is 0 Å². The van der Waals surface area contributed by atoms with Crippen LogP contribution >= 0.6 is 0 Å². The molecule has 5 nitrogen and oxygen atoms in total. The number of carboxylic acids is 1. The van der Waals surface area contributed by atoms with Crippen molar-refractivity contribution < 1.29 is 14.8 Å². The SMILES string of the molecule is CCC(C)=C(C(=O)O)[N+](=O)[O-]. The molecular formula is C6H9NO4. The maximum Gasteiger partial charge on any atom is 0.407 e. The van der Waals surface area contributed by atoms with Crippen LogP contribution in [0.4, 0.5) is 0 Å². The Kier molecular flexibility index (Phi) is 3.23. The number of nitrogens with zero attached hydrogens (tertiary/aromatic N) is 1. The van der Waals surface area contributed by atoms with Gasteiger partial charge in [0, 0.05) is 5.57 Å². The Morgan fingerprint density at radius 3 is 2.18 bits per heavy atom. The molecule has 0 atom stereocenters. The van der Waals surface area contributed by atoms with Gasteiger partial charge in [0.2, 0.25) is 0 Å². The summed E-state index contributed by atoms with van der Waals surface area (Å²) in [5, 5.41) is 18.5.